The molecule has 0 aliphatic heterocycles. The first-order chi connectivity index (χ1) is 14.2. The molecule has 0 unspecified atom stereocenters. The summed E-state index contributed by atoms with van der Waals surface area (Å²) in [6.45, 7) is 6.22. The largest absolute Gasteiger partial charge is 0.355 e. The fourth-order valence-corrected chi connectivity index (χ4v) is 4.32. The Bertz CT molecular complexity index is 972. The van der Waals surface area contributed by atoms with Crippen LogP contribution in [-0.4, -0.2) is 39.6 Å². The normalized spacial score (nSPS) is 14.4. The summed E-state index contributed by atoms with van der Waals surface area (Å²) < 4.78 is 2.02. The molecule has 0 spiro atoms. The van der Waals surface area contributed by atoms with Crippen LogP contribution in [0.25, 0.3) is 22.2 Å². The molecule has 1 amide bonds. The number of nitrogens with zero attached hydrogens (tertiary/aromatic N) is 4. The standard InChI is InChI=1S/C23H29N5O/c1-3-27(4-2)23-22-21(24-16-25-23)19(17-10-6-5-7-11-17)14-28(22)15-20(29)26-18-12-8-9-13-18/h5-7,10-11,14,16,18H,3-4,8-9,12-13,15H2,1-2H3,(H,26,29). The average molecular weight is 392 g/mol. The zero-order valence-electron chi connectivity index (χ0n) is 17.3. The predicted octanol–water partition coefficient (Wildman–Crippen LogP) is 4.00. The van der Waals surface area contributed by atoms with Crippen molar-refractivity contribution in [1.82, 2.24) is 19.9 Å². The van der Waals surface area contributed by atoms with Crippen LogP contribution in [0.3, 0.4) is 0 Å². The number of benzene rings is 1. The highest BCUT2D eigenvalue weighted by Crippen LogP contribution is 2.33. The second kappa shape index (κ2) is 8.64. The van der Waals surface area contributed by atoms with Crippen molar-refractivity contribution in [3.05, 3.63) is 42.9 Å². The molecule has 0 radical (unpaired) electrons. The van der Waals surface area contributed by atoms with E-state index in [-0.39, 0.29) is 12.5 Å². The van der Waals surface area contributed by atoms with Gasteiger partial charge in [0, 0.05) is 30.9 Å². The minimum Gasteiger partial charge on any atom is -0.355 e. The van der Waals surface area contributed by atoms with Gasteiger partial charge in [-0.2, -0.15) is 0 Å². The number of carbonyl (C=O) groups is 1. The number of fused-ring (bicyclic) bond motifs is 1. The van der Waals surface area contributed by atoms with E-state index in [1.165, 1.54) is 12.8 Å². The van der Waals surface area contributed by atoms with Gasteiger partial charge in [0.05, 0.1) is 0 Å². The molecular weight excluding hydrogens is 362 g/mol. The minimum atomic E-state index is 0.0581. The highest BCUT2D eigenvalue weighted by atomic mass is 16.2. The SMILES string of the molecule is CCN(CC)c1ncnc2c(-c3ccccc3)cn(CC(=O)NC3CCCC3)c12. The van der Waals surface area contributed by atoms with Gasteiger partial charge in [-0.15, -0.1) is 0 Å². The third-order valence-electron chi connectivity index (χ3n) is 5.81. The molecule has 2 heterocycles. The zero-order valence-corrected chi connectivity index (χ0v) is 17.3. The average Bonchev–Trinajstić information content (AvgIpc) is 3.38. The van der Waals surface area contributed by atoms with Gasteiger partial charge in [-0.1, -0.05) is 43.2 Å². The highest BCUT2D eigenvalue weighted by molar-refractivity contribution is 5.99. The summed E-state index contributed by atoms with van der Waals surface area (Å²) in [6, 6.07) is 10.5. The molecule has 0 atom stereocenters. The van der Waals surface area contributed by atoms with E-state index in [1.807, 2.05) is 22.8 Å². The molecule has 152 valence electrons. The van der Waals surface area contributed by atoms with Crippen molar-refractivity contribution in [3.63, 3.8) is 0 Å². The van der Waals surface area contributed by atoms with Crippen molar-refractivity contribution < 1.29 is 4.79 Å². The third kappa shape index (κ3) is 3.97. The smallest absolute Gasteiger partial charge is 0.240 e. The summed E-state index contributed by atoms with van der Waals surface area (Å²) >= 11 is 0. The van der Waals surface area contributed by atoms with Crippen LogP contribution >= 0.6 is 0 Å². The monoisotopic (exact) mass is 391 g/mol. The number of rotatable bonds is 7. The summed E-state index contributed by atoms with van der Waals surface area (Å²) in [5, 5.41) is 3.20. The second-order valence-electron chi connectivity index (χ2n) is 7.65. The molecule has 6 heteroatoms. The lowest BCUT2D eigenvalue weighted by Crippen LogP contribution is -2.35. The number of carbonyl (C=O) groups excluding carboxylic acids is 1. The van der Waals surface area contributed by atoms with Gasteiger partial charge in [-0.25, -0.2) is 9.97 Å². The molecule has 1 N–H and O–H groups in total. The van der Waals surface area contributed by atoms with Crippen LogP contribution in [0.15, 0.2) is 42.9 Å². The Kier molecular flexibility index (Phi) is 5.79. The molecule has 1 fully saturated rings. The summed E-state index contributed by atoms with van der Waals surface area (Å²) in [5.74, 6) is 0.943. The number of hydrogen-bond acceptors (Lipinski definition) is 4. The molecule has 29 heavy (non-hydrogen) atoms. The Morgan fingerprint density at radius 2 is 1.86 bits per heavy atom. The molecule has 0 bridgehead atoms. The van der Waals surface area contributed by atoms with E-state index in [4.69, 9.17) is 0 Å². The molecule has 1 saturated carbocycles. The zero-order chi connectivity index (χ0) is 20.2. The number of hydrogen-bond donors (Lipinski definition) is 1. The summed E-state index contributed by atoms with van der Waals surface area (Å²) in [5.41, 5.74) is 3.94. The van der Waals surface area contributed by atoms with E-state index in [1.54, 1.807) is 6.33 Å². The van der Waals surface area contributed by atoms with Crippen molar-refractivity contribution in [3.8, 4) is 11.1 Å². The number of amides is 1. The Hall–Kier alpha value is -2.89. The number of aromatic nitrogens is 3. The molecular formula is C23H29N5O. The number of nitrogens with one attached hydrogen (secondary N) is 1. The topological polar surface area (TPSA) is 63.1 Å². The van der Waals surface area contributed by atoms with Crippen molar-refractivity contribution in [2.45, 2.75) is 52.1 Å². The van der Waals surface area contributed by atoms with Gasteiger partial charge < -0.3 is 14.8 Å². The van der Waals surface area contributed by atoms with Crippen LogP contribution in [-0.2, 0) is 11.3 Å². The van der Waals surface area contributed by atoms with Gasteiger partial charge >= 0.3 is 0 Å². The molecule has 2 aromatic heterocycles. The van der Waals surface area contributed by atoms with E-state index < -0.39 is 0 Å². The Morgan fingerprint density at radius 3 is 2.55 bits per heavy atom. The van der Waals surface area contributed by atoms with Gasteiger partial charge in [-0.3, -0.25) is 4.79 Å². The first kappa shape index (κ1) is 19.4. The number of anilines is 1. The maximum atomic E-state index is 12.8. The van der Waals surface area contributed by atoms with Gasteiger partial charge in [0.25, 0.3) is 0 Å². The lowest BCUT2D eigenvalue weighted by Gasteiger charge is -2.21. The van der Waals surface area contributed by atoms with Gasteiger partial charge in [0.2, 0.25) is 5.91 Å². The van der Waals surface area contributed by atoms with Crippen LogP contribution < -0.4 is 10.2 Å². The van der Waals surface area contributed by atoms with Gasteiger partial charge in [-0.05, 0) is 32.3 Å². The summed E-state index contributed by atoms with van der Waals surface area (Å²) in [4.78, 5) is 24.2. The summed E-state index contributed by atoms with van der Waals surface area (Å²) in [6.07, 6.45) is 8.26. The second-order valence-corrected chi connectivity index (χ2v) is 7.65. The van der Waals surface area contributed by atoms with E-state index in [0.29, 0.717) is 6.04 Å². The lowest BCUT2D eigenvalue weighted by atomic mass is 10.1. The van der Waals surface area contributed by atoms with Crippen molar-refractivity contribution in [1.29, 1.82) is 0 Å². The molecule has 4 rings (SSSR count). The maximum absolute atomic E-state index is 12.8. The first-order valence-electron chi connectivity index (χ1n) is 10.6. The lowest BCUT2D eigenvalue weighted by molar-refractivity contribution is -0.122. The summed E-state index contributed by atoms with van der Waals surface area (Å²) in [7, 11) is 0. The molecule has 1 aromatic carbocycles. The molecule has 0 saturated heterocycles. The third-order valence-corrected chi connectivity index (χ3v) is 5.81. The van der Waals surface area contributed by atoms with Crippen LogP contribution in [0.2, 0.25) is 0 Å². The Morgan fingerprint density at radius 1 is 1.14 bits per heavy atom. The van der Waals surface area contributed by atoms with E-state index >= 15 is 0 Å². The molecule has 1 aliphatic rings. The Labute approximate surface area is 172 Å². The van der Waals surface area contributed by atoms with E-state index in [9.17, 15) is 4.79 Å². The fraction of sp³-hybridized carbons (Fsp3) is 0.435. The highest BCUT2D eigenvalue weighted by Gasteiger charge is 2.22. The molecule has 6 nitrogen and oxygen atoms in total. The quantitative estimate of drug-likeness (QED) is 0.661. The van der Waals surface area contributed by atoms with Gasteiger partial charge in [0.1, 0.15) is 23.9 Å². The van der Waals surface area contributed by atoms with Gasteiger partial charge in [0.15, 0.2) is 5.82 Å². The minimum absolute atomic E-state index is 0.0581. The first-order valence-corrected chi connectivity index (χ1v) is 10.6. The van der Waals surface area contributed by atoms with Crippen molar-refractivity contribution in [2.24, 2.45) is 0 Å². The van der Waals surface area contributed by atoms with Crippen molar-refractivity contribution in [2.75, 3.05) is 18.0 Å². The predicted molar refractivity (Wildman–Crippen MR) is 117 cm³/mol. The Balaban J connectivity index is 1.77. The fourth-order valence-electron chi connectivity index (χ4n) is 4.32. The molecule has 3 aromatic rings. The van der Waals surface area contributed by atoms with Crippen LogP contribution in [0, 0.1) is 0 Å². The van der Waals surface area contributed by atoms with Crippen LogP contribution in [0.4, 0.5) is 5.82 Å². The van der Waals surface area contributed by atoms with Crippen LogP contribution in [0.1, 0.15) is 39.5 Å². The maximum Gasteiger partial charge on any atom is 0.240 e. The van der Waals surface area contributed by atoms with Crippen molar-refractivity contribution >= 4 is 22.8 Å². The van der Waals surface area contributed by atoms with E-state index in [2.05, 4.69) is 52.4 Å². The van der Waals surface area contributed by atoms with Crippen LogP contribution in [0.5, 0.6) is 0 Å². The van der Waals surface area contributed by atoms with E-state index in [0.717, 1.165) is 53.9 Å². The molecule has 1 aliphatic carbocycles.